The number of rotatable bonds is 16. The number of hydrogen-bond acceptors (Lipinski definition) is 3. The fraction of sp³-hybridized carbons (Fsp3) is 0.857. The summed E-state index contributed by atoms with van der Waals surface area (Å²) in [7, 11) is 0. The maximum absolute atomic E-state index is 10.3. The molecule has 0 atom stereocenters. The summed E-state index contributed by atoms with van der Waals surface area (Å²) >= 11 is 0. The number of hydrogen-bond donors (Lipinski definition) is 3. The molecule has 0 aliphatic carbocycles. The molecule has 0 rings (SSSR count). The lowest BCUT2D eigenvalue weighted by atomic mass is 10.1. The first-order chi connectivity index (χ1) is 12.0. The summed E-state index contributed by atoms with van der Waals surface area (Å²) in [4.78, 5) is 10.3. The molecule has 0 bridgehead atoms. The number of aliphatic carboxylic acids is 1. The van der Waals surface area contributed by atoms with Crippen LogP contribution < -0.4 is 11.5 Å². The van der Waals surface area contributed by atoms with Crippen molar-refractivity contribution >= 4 is 5.97 Å². The molecule has 0 radical (unpaired) electrons. The Morgan fingerprint density at radius 2 is 1.20 bits per heavy atom. The number of carbonyl (C=O) groups is 1. The van der Waals surface area contributed by atoms with E-state index in [1.54, 1.807) is 0 Å². The third kappa shape index (κ3) is 31.4. The first-order valence-corrected chi connectivity index (χ1v) is 10.4. The molecular weight excluding hydrogens is 312 g/mol. The predicted octanol–water partition coefficient (Wildman–Crippen LogP) is 5.75. The topological polar surface area (TPSA) is 89.3 Å². The van der Waals surface area contributed by atoms with Crippen molar-refractivity contribution in [2.75, 3.05) is 0 Å². The largest absolute Gasteiger partial charge is 0.481 e. The van der Waals surface area contributed by atoms with Crippen molar-refractivity contribution in [3.8, 4) is 0 Å². The van der Waals surface area contributed by atoms with Gasteiger partial charge in [-0.2, -0.15) is 0 Å². The lowest BCUT2D eigenvalue weighted by molar-refractivity contribution is -0.137. The monoisotopic (exact) mass is 356 g/mol. The average Bonchev–Trinajstić information content (AvgIpc) is 2.58. The van der Waals surface area contributed by atoms with Crippen molar-refractivity contribution in [3.63, 3.8) is 0 Å². The Morgan fingerprint density at radius 3 is 1.60 bits per heavy atom. The summed E-state index contributed by atoms with van der Waals surface area (Å²) in [6.07, 6.45) is 22.0. The van der Waals surface area contributed by atoms with Crippen molar-refractivity contribution < 1.29 is 9.90 Å². The maximum Gasteiger partial charge on any atom is 0.303 e. The molecule has 150 valence electrons. The third-order valence-electron chi connectivity index (χ3n) is 4.12. The van der Waals surface area contributed by atoms with Gasteiger partial charge in [-0.3, -0.25) is 4.79 Å². The number of unbranched alkanes of at least 4 members (excludes halogenated alkanes) is 11. The molecule has 0 heterocycles. The minimum atomic E-state index is -0.664. The molecule has 0 aromatic rings. The molecule has 0 saturated heterocycles. The Kier molecular flexibility index (Phi) is 24.4. The summed E-state index contributed by atoms with van der Waals surface area (Å²) in [5, 5.41) is 8.51. The zero-order valence-corrected chi connectivity index (χ0v) is 16.8. The summed E-state index contributed by atoms with van der Waals surface area (Å²) < 4.78 is 0. The van der Waals surface area contributed by atoms with E-state index in [1.807, 2.05) is 6.92 Å². The summed E-state index contributed by atoms with van der Waals surface area (Å²) in [5.41, 5.74) is 10.1. The zero-order chi connectivity index (χ0) is 19.2. The van der Waals surface area contributed by atoms with Crippen LogP contribution in [0.5, 0.6) is 0 Å². The Labute approximate surface area is 156 Å². The molecule has 0 aliphatic rings. The second-order valence-corrected chi connectivity index (χ2v) is 6.80. The molecule has 0 amide bonds. The van der Waals surface area contributed by atoms with Gasteiger partial charge in [-0.1, -0.05) is 77.4 Å². The molecule has 0 unspecified atom stereocenters. The van der Waals surface area contributed by atoms with Gasteiger partial charge in [0.25, 0.3) is 0 Å². The number of nitrogens with two attached hydrogens (primary N) is 2. The van der Waals surface area contributed by atoms with Crippen LogP contribution in [-0.2, 0) is 4.79 Å². The van der Waals surface area contributed by atoms with Crippen LogP contribution in [0.2, 0.25) is 0 Å². The van der Waals surface area contributed by atoms with Crippen LogP contribution in [0.4, 0.5) is 0 Å². The first kappa shape index (κ1) is 26.4. The molecule has 4 nitrogen and oxygen atoms in total. The minimum Gasteiger partial charge on any atom is -0.481 e. The van der Waals surface area contributed by atoms with Crippen molar-refractivity contribution in [2.24, 2.45) is 11.5 Å². The second kappa shape index (κ2) is 23.1. The van der Waals surface area contributed by atoms with Crippen molar-refractivity contribution in [1.82, 2.24) is 0 Å². The lowest BCUT2D eigenvalue weighted by Gasteiger charge is -1.99. The molecule has 0 aromatic carbocycles. The Bertz CT molecular complexity index is 292. The minimum absolute atomic E-state index is 0.116. The molecular formula is C21H44N2O2. The van der Waals surface area contributed by atoms with Crippen LogP contribution in [-0.4, -0.2) is 17.2 Å². The van der Waals surface area contributed by atoms with Gasteiger partial charge < -0.3 is 16.6 Å². The number of carboxylic acid groups (broad SMARTS) is 1. The highest BCUT2D eigenvalue weighted by Gasteiger charge is 1.95. The molecule has 0 spiro atoms. The van der Waals surface area contributed by atoms with E-state index in [4.69, 9.17) is 16.6 Å². The van der Waals surface area contributed by atoms with Gasteiger partial charge in [0, 0.05) is 6.42 Å². The van der Waals surface area contributed by atoms with Crippen LogP contribution in [0.1, 0.15) is 110 Å². The quantitative estimate of drug-likeness (QED) is 0.187. The van der Waals surface area contributed by atoms with E-state index < -0.39 is 5.97 Å². The predicted molar refractivity (Wildman–Crippen MR) is 110 cm³/mol. The summed E-state index contributed by atoms with van der Waals surface area (Å²) in [6.45, 7) is 4.21. The zero-order valence-electron chi connectivity index (χ0n) is 16.8. The van der Waals surface area contributed by atoms with E-state index in [1.165, 1.54) is 70.6 Å². The van der Waals surface area contributed by atoms with Crippen molar-refractivity contribution in [2.45, 2.75) is 116 Å². The van der Waals surface area contributed by atoms with E-state index in [2.05, 4.69) is 19.1 Å². The molecule has 4 heteroatoms. The molecule has 25 heavy (non-hydrogen) atoms. The van der Waals surface area contributed by atoms with Crippen molar-refractivity contribution in [1.29, 1.82) is 0 Å². The number of allylic oxidation sites excluding steroid dienone is 2. The summed E-state index contributed by atoms with van der Waals surface area (Å²) in [5.74, 6) is -0.664. The molecule has 0 saturated carbocycles. The average molecular weight is 357 g/mol. The van der Waals surface area contributed by atoms with Gasteiger partial charge in [0.05, 0.1) is 6.17 Å². The fourth-order valence-electron chi connectivity index (χ4n) is 2.35. The van der Waals surface area contributed by atoms with Crippen LogP contribution in [0.15, 0.2) is 12.2 Å². The smallest absolute Gasteiger partial charge is 0.303 e. The van der Waals surface area contributed by atoms with Gasteiger partial charge in [-0.25, -0.2) is 0 Å². The SMILES string of the molecule is CCC(N)N.CCCCCCCCC=CCCCCCCCC(=O)O. The van der Waals surface area contributed by atoms with E-state index >= 15 is 0 Å². The molecule has 0 aliphatic heterocycles. The normalized spacial score (nSPS) is 10.9. The highest BCUT2D eigenvalue weighted by molar-refractivity contribution is 5.66. The molecule has 0 fully saturated rings. The second-order valence-electron chi connectivity index (χ2n) is 6.80. The highest BCUT2D eigenvalue weighted by atomic mass is 16.4. The number of carboxylic acids is 1. The Balaban J connectivity index is 0. The van der Waals surface area contributed by atoms with Gasteiger partial charge in [0.15, 0.2) is 0 Å². The van der Waals surface area contributed by atoms with Gasteiger partial charge in [0.1, 0.15) is 0 Å². The third-order valence-corrected chi connectivity index (χ3v) is 4.12. The van der Waals surface area contributed by atoms with Gasteiger partial charge in [-0.05, 0) is 38.5 Å². The fourth-order valence-corrected chi connectivity index (χ4v) is 2.35. The molecule has 5 N–H and O–H groups in total. The lowest BCUT2D eigenvalue weighted by Crippen LogP contribution is -2.28. The van der Waals surface area contributed by atoms with Crippen LogP contribution in [0, 0.1) is 0 Å². The van der Waals surface area contributed by atoms with Crippen LogP contribution in [0.25, 0.3) is 0 Å². The van der Waals surface area contributed by atoms with Crippen molar-refractivity contribution in [3.05, 3.63) is 12.2 Å². The Hall–Kier alpha value is -0.870. The maximum atomic E-state index is 10.3. The highest BCUT2D eigenvalue weighted by Crippen LogP contribution is 2.09. The Morgan fingerprint density at radius 1 is 0.800 bits per heavy atom. The van der Waals surface area contributed by atoms with Gasteiger partial charge in [0.2, 0.25) is 0 Å². The summed E-state index contributed by atoms with van der Waals surface area (Å²) in [6, 6.07) is 0. The first-order valence-electron chi connectivity index (χ1n) is 10.4. The van der Waals surface area contributed by atoms with Gasteiger partial charge in [-0.15, -0.1) is 0 Å². The standard InChI is InChI=1S/C18H34O2.C3H10N2/c1-2-3-4-5-6-7-8-9-10-11-12-13-14-15-16-17-18(19)20;1-2-3(4)5/h9-10H,2-8,11-17H2,1H3,(H,19,20);3H,2,4-5H2,1H3. The molecule has 0 aromatic heterocycles. The van der Waals surface area contributed by atoms with E-state index in [0.29, 0.717) is 6.42 Å². The van der Waals surface area contributed by atoms with Gasteiger partial charge >= 0.3 is 5.97 Å². The van der Waals surface area contributed by atoms with Crippen LogP contribution >= 0.6 is 0 Å². The van der Waals surface area contributed by atoms with Crippen LogP contribution in [0.3, 0.4) is 0 Å². The van der Waals surface area contributed by atoms with E-state index in [0.717, 1.165) is 19.3 Å². The van der Waals surface area contributed by atoms with E-state index in [-0.39, 0.29) is 6.17 Å². The van der Waals surface area contributed by atoms with E-state index in [9.17, 15) is 4.79 Å².